The monoisotopic (exact) mass is 462 g/mol. The van der Waals surface area contributed by atoms with Crippen LogP contribution in [0.2, 0.25) is 0 Å². The first-order chi connectivity index (χ1) is 13.3. The second kappa shape index (κ2) is 8.69. The third-order valence-electron chi connectivity index (χ3n) is 4.08. The standard InChI is InChI=1S/C18H15N4O6.BrH/c1-20(2)11-6-8-21(9-7-11)10-14(23)28-19-16-17(24)12-4-3-5-13(22(26)27)15(12)18(16)25;/h3-9H,10H2,1-2H3;1H/q+1;/p-1/b19-16+;. The largest absolute Gasteiger partial charge is 1.00 e. The summed E-state index contributed by atoms with van der Waals surface area (Å²) in [6, 6.07) is 7.28. The highest BCUT2D eigenvalue weighted by molar-refractivity contribution is 5.91. The highest BCUT2D eigenvalue weighted by Gasteiger charge is 2.21. The molecular weight excluding hydrogens is 448 g/mol. The Bertz CT molecular complexity index is 1230. The number of nitro benzene ring substituents is 1. The molecular formula is C18H15BrN4O6. The van der Waals surface area contributed by atoms with Gasteiger partial charge in [-0.05, 0) is 6.07 Å². The Hall–Kier alpha value is -3.47. The third-order valence-corrected chi connectivity index (χ3v) is 4.08. The van der Waals surface area contributed by atoms with E-state index in [0.717, 1.165) is 11.8 Å². The third kappa shape index (κ3) is 4.35. The van der Waals surface area contributed by atoms with E-state index in [1.165, 1.54) is 16.7 Å². The molecule has 11 heteroatoms. The number of nitro groups is 1. The smallest absolute Gasteiger partial charge is 0.399 e. The van der Waals surface area contributed by atoms with Crippen molar-refractivity contribution >= 4 is 28.1 Å². The Morgan fingerprint density at radius 3 is 2.41 bits per heavy atom. The fourth-order valence-corrected chi connectivity index (χ4v) is 2.68. The zero-order valence-electron chi connectivity index (χ0n) is 15.4. The van der Waals surface area contributed by atoms with Gasteiger partial charge < -0.3 is 26.7 Å². The van der Waals surface area contributed by atoms with Gasteiger partial charge in [-0.2, -0.15) is 4.57 Å². The fraction of sp³-hybridized carbons (Fsp3) is 0.167. The molecule has 2 aromatic carbocycles. The lowest BCUT2D eigenvalue weighted by atomic mass is 10.2. The van der Waals surface area contributed by atoms with Crippen LogP contribution in [-0.4, -0.2) is 25.0 Å². The zero-order valence-corrected chi connectivity index (χ0v) is 17.0. The van der Waals surface area contributed by atoms with Crippen molar-refractivity contribution in [3.63, 3.8) is 0 Å². The molecule has 0 saturated carbocycles. The van der Waals surface area contributed by atoms with Crippen LogP contribution in [0.3, 0.4) is 0 Å². The van der Waals surface area contributed by atoms with Gasteiger partial charge in [-0.1, -0.05) is 11.2 Å². The topological polar surface area (TPSA) is 123 Å². The highest BCUT2D eigenvalue weighted by atomic mass is 79.9. The minimum absolute atomic E-state index is 0. The van der Waals surface area contributed by atoms with Crippen LogP contribution in [0.1, 0.15) is 0 Å². The molecule has 0 aliphatic heterocycles. The van der Waals surface area contributed by atoms with E-state index in [9.17, 15) is 24.5 Å². The molecule has 0 radical (unpaired) electrons. The van der Waals surface area contributed by atoms with Gasteiger partial charge in [-0.25, -0.2) is 4.79 Å². The van der Waals surface area contributed by atoms with Crippen LogP contribution < -0.4 is 42.7 Å². The number of nitrogens with zero attached hydrogens (tertiary/aromatic N) is 4. The number of hydrogen-bond donors (Lipinski definition) is 0. The highest BCUT2D eigenvalue weighted by Crippen LogP contribution is 2.19. The van der Waals surface area contributed by atoms with Crippen LogP contribution in [-0.2, 0) is 16.2 Å². The van der Waals surface area contributed by atoms with Gasteiger partial charge in [0.2, 0.25) is 17.4 Å². The second-order valence-corrected chi connectivity index (χ2v) is 6.14. The summed E-state index contributed by atoms with van der Waals surface area (Å²) in [5.74, 6) is -0.804. The van der Waals surface area contributed by atoms with E-state index in [2.05, 4.69) is 9.99 Å². The lowest BCUT2D eigenvalue weighted by Gasteiger charge is -2.10. The molecule has 0 amide bonds. The van der Waals surface area contributed by atoms with E-state index in [1.807, 2.05) is 19.0 Å². The average Bonchev–Trinajstić information content (AvgIpc) is 2.91. The Morgan fingerprint density at radius 2 is 1.83 bits per heavy atom. The minimum atomic E-state index is -0.942. The number of halogens is 1. The molecule has 3 rings (SSSR count). The second-order valence-electron chi connectivity index (χ2n) is 6.14. The van der Waals surface area contributed by atoms with Gasteiger partial charge in [0.1, 0.15) is 5.39 Å². The summed E-state index contributed by atoms with van der Waals surface area (Å²) in [5.41, 5.74) is -1.32. The van der Waals surface area contributed by atoms with Crippen molar-refractivity contribution in [2.45, 2.75) is 6.54 Å². The van der Waals surface area contributed by atoms with Crippen LogP contribution in [0, 0.1) is 10.1 Å². The van der Waals surface area contributed by atoms with Crippen molar-refractivity contribution < 1.29 is 36.1 Å². The molecule has 1 heterocycles. The molecule has 0 saturated heterocycles. The summed E-state index contributed by atoms with van der Waals surface area (Å²) < 4.78 is 1.54. The number of non-ortho nitro benzene ring substituents is 1. The van der Waals surface area contributed by atoms with Gasteiger partial charge in [-0.3, -0.25) is 19.7 Å². The summed E-state index contributed by atoms with van der Waals surface area (Å²) in [6.45, 7) is -0.194. The molecule has 0 fully saturated rings. The predicted molar refractivity (Wildman–Crippen MR) is 98.1 cm³/mol. The van der Waals surface area contributed by atoms with E-state index >= 15 is 0 Å². The Kier molecular flexibility index (Phi) is 6.54. The maximum Gasteiger partial charge on any atom is 0.399 e. The quantitative estimate of drug-likeness (QED) is 0.169. The Labute approximate surface area is 173 Å². The van der Waals surface area contributed by atoms with E-state index < -0.39 is 32.8 Å². The van der Waals surface area contributed by atoms with E-state index in [4.69, 9.17) is 0 Å². The molecule has 10 nitrogen and oxygen atoms in total. The Morgan fingerprint density at radius 1 is 1.17 bits per heavy atom. The average molecular weight is 463 g/mol. The van der Waals surface area contributed by atoms with Gasteiger partial charge in [0, 0.05) is 43.4 Å². The molecule has 0 aliphatic carbocycles. The number of aromatic nitrogens is 1. The number of benzene rings is 1. The van der Waals surface area contributed by atoms with Crippen molar-refractivity contribution in [2.75, 3.05) is 19.0 Å². The maximum absolute atomic E-state index is 12.3. The van der Waals surface area contributed by atoms with E-state index in [0.29, 0.717) is 0 Å². The van der Waals surface area contributed by atoms with Crippen molar-refractivity contribution in [1.29, 1.82) is 0 Å². The van der Waals surface area contributed by atoms with Gasteiger partial charge in [0.15, 0.2) is 17.8 Å². The number of carbonyl (C=O) groups is 1. The molecule has 29 heavy (non-hydrogen) atoms. The molecule has 3 aromatic rings. The summed E-state index contributed by atoms with van der Waals surface area (Å²) in [6.07, 6.45) is 3.32. The fourth-order valence-electron chi connectivity index (χ4n) is 2.68. The Balaban J connectivity index is 0.00000300. The van der Waals surface area contributed by atoms with E-state index in [1.54, 1.807) is 24.5 Å². The van der Waals surface area contributed by atoms with Gasteiger partial charge in [0.25, 0.3) is 5.69 Å². The van der Waals surface area contributed by atoms with Crippen LogP contribution in [0.5, 0.6) is 0 Å². The normalized spacial score (nSPS) is 11.2. The first kappa shape index (κ1) is 21.8. The SMILES string of the molecule is CN(C)c1cc[n+](CC(=O)O/N=c2\c(=O)c3cccc([N+](=O)[O-])c3c2=O)cc1.[Br-]. The van der Waals surface area contributed by atoms with Crippen LogP contribution in [0.4, 0.5) is 11.4 Å². The van der Waals surface area contributed by atoms with Crippen LogP contribution in [0.15, 0.2) is 57.5 Å². The maximum atomic E-state index is 12.3. The molecule has 0 aliphatic rings. The van der Waals surface area contributed by atoms with Gasteiger partial charge >= 0.3 is 5.97 Å². The van der Waals surface area contributed by atoms with Gasteiger partial charge in [0.05, 0.1) is 4.92 Å². The van der Waals surface area contributed by atoms with Crippen molar-refractivity contribution in [2.24, 2.45) is 5.16 Å². The zero-order chi connectivity index (χ0) is 20.4. The number of fused-ring (bicyclic) bond motifs is 1. The number of hydrogen-bond acceptors (Lipinski definition) is 8. The molecule has 0 bridgehead atoms. The van der Waals surface area contributed by atoms with Crippen LogP contribution >= 0.6 is 0 Å². The first-order valence-electron chi connectivity index (χ1n) is 8.10. The molecule has 0 spiro atoms. The summed E-state index contributed by atoms with van der Waals surface area (Å²) in [4.78, 5) is 53.5. The minimum Gasteiger partial charge on any atom is -1.00 e. The number of rotatable bonds is 5. The number of pyridine rings is 1. The van der Waals surface area contributed by atoms with Gasteiger partial charge in [-0.15, -0.1) is 0 Å². The number of carbonyl (C=O) groups excluding carboxylic acids is 1. The van der Waals surface area contributed by atoms with Crippen molar-refractivity contribution in [3.8, 4) is 0 Å². The summed E-state index contributed by atoms with van der Waals surface area (Å²) >= 11 is 0. The van der Waals surface area contributed by atoms with E-state index in [-0.39, 0.29) is 34.3 Å². The lowest BCUT2D eigenvalue weighted by Crippen LogP contribution is -3.00. The molecule has 1 aromatic heterocycles. The number of anilines is 1. The summed E-state index contributed by atoms with van der Waals surface area (Å²) in [7, 11) is 3.75. The molecule has 0 N–H and O–H groups in total. The van der Waals surface area contributed by atoms with Crippen LogP contribution in [0.25, 0.3) is 10.8 Å². The first-order valence-corrected chi connectivity index (χ1v) is 8.10. The molecule has 0 atom stereocenters. The van der Waals surface area contributed by atoms with Crippen molar-refractivity contribution in [1.82, 2.24) is 0 Å². The predicted octanol–water partition coefficient (Wildman–Crippen LogP) is -3.24. The van der Waals surface area contributed by atoms with Crippen molar-refractivity contribution in [3.05, 3.63) is 78.6 Å². The summed E-state index contributed by atoms with van der Waals surface area (Å²) in [5, 5.41) is 13.3. The molecule has 150 valence electrons. The molecule has 0 unspecified atom stereocenters. The lowest BCUT2D eigenvalue weighted by molar-refractivity contribution is -0.685.